The molecule has 1 amide bonds. The summed E-state index contributed by atoms with van der Waals surface area (Å²) in [6.07, 6.45) is 1.35. The molecule has 1 aromatic carbocycles. The first-order valence-electron chi connectivity index (χ1n) is 8.18. The first kappa shape index (κ1) is 19.1. The van der Waals surface area contributed by atoms with E-state index in [4.69, 9.17) is 0 Å². The molecule has 0 aliphatic rings. The van der Waals surface area contributed by atoms with Crippen molar-refractivity contribution in [2.45, 2.75) is 38.6 Å². The van der Waals surface area contributed by atoms with Crippen molar-refractivity contribution >= 4 is 26.8 Å². The largest absolute Gasteiger partial charge is 0.360 e. The standard InChI is InChI=1S/C17H23N3O4S/c1-5-20(6-2)25(23,24)12-7-8-15-13(9-12)16(21)14(10-18-15)17(22)19-11(3)4/h7-11H,5-6H2,1-4H3,(H,18,21)(H,19,22). The van der Waals surface area contributed by atoms with Gasteiger partial charge < -0.3 is 10.3 Å². The second kappa shape index (κ2) is 7.37. The first-order chi connectivity index (χ1) is 11.7. The van der Waals surface area contributed by atoms with Gasteiger partial charge in [0.05, 0.1) is 4.90 Å². The number of aromatic nitrogens is 1. The quantitative estimate of drug-likeness (QED) is 0.814. The number of nitrogens with one attached hydrogen (secondary N) is 2. The third-order valence-corrected chi connectivity index (χ3v) is 5.91. The van der Waals surface area contributed by atoms with Crippen LogP contribution in [0.4, 0.5) is 0 Å². The molecule has 0 atom stereocenters. The molecule has 1 heterocycles. The van der Waals surface area contributed by atoms with Crippen LogP contribution in [-0.4, -0.2) is 42.7 Å². The molecule has 0 aliphatic heterocycles. The fourth-order valence-corrected chi connectivity index (χ4v) is 4.06. The van der Waals surface area contributed by atoms with Crippen molar-refractivity contribution in [1.82, 2.24) is 14.6 Å². The van der Waals surface area contributed by atoms with Crippen LogP contribution in [0.15, 0.2) is 34.1 Å². The van der Waals surface area contributed by atoms with Crippen molar-refractivity contribution < 1.29 is 13.2 Å². The van der Waals surface area contributed by atoms with Crippen LogP contribution in [0.3, 0.4) is 0 Å². The number of pyridine rings is 1. The number of nitrogens with zero attached hydrogens (tertiary/aromatic N) is 1. The highest BCUT2D eigenvalue weighted by molar-refractivity contribution is 7.89. The fraction of sp³-hybridized carbons (Fsp3) is 0.412. The number of benzene rings is 1. The summed E-state index contributed by atoms with van der Waals surface area (Å²) >= 11 is 0. The summed E-state index contributed by atoms with van der Waals surface area (Å²) in [5.74, 6) is -0.491. The Bertz CT molecular complexity index is 944. The average molecular weight is 365 g/mol. The fourth-order valence-electron chi connectivity index (χ4n) is 2.58. The lowest BCUT2D eigenvalue weighted by molar-refractivity contribution is 0.0942. The number of carbonyl (C=O) groups excluding carboxylic acids is 1. The van der Waals surface area contributed by atoms with Crippen LogP contribution < -0.4 is 10.7 Å². The van der Waals surface area contributed by atoms with Gasteiger partial charge in [-0.15, -0.1) is 0 Å². The highest BCUT2D eigenvalue weighted by Crippen LogP contribution is 2.19. The third-order valence-electron chi connectivity index (χ3n) is 3.86. The minimum absolute atomic E-state index is 0.0376. The van der Waals surface area contributed by atoms with E-state index >= 15 is 0 Å². The van der Waals surface area contributed by atoms with E-state index in [1.165, 1.54) is 28.7 Å². The van der Waals surface area contributed by atoms with Crippen LogP contribution in [0.25, 0.3) is 10.9 Å². The van der Waals surface area contributed by atoms with Crippen molar-refractivity contribution in [2.75, 3.05) is 13.1 Å². The predicted octanol–water partition coefficient (Wildman–Crippen LogP) is 1.70. The maximum Gasteiger partial charge on any atom is 0.256 e. The van der Waals surface area contributed by atoms with E-state index < -0.39 is 21.4 Å². The molecule has 2 N–H and O–H groups in total. The molecule has 0 unspecified atom stereocenters. The second-order valence-electron chi connectivity index (χ2n) is 5.96. The Morgan fingerprint density at radius 1 is 1.24 bits per heavy atom. The minimum atomic E-state index is -3.68. The molecule has 0 saturated carbocycles. The molecule has 0 fully saturated rings. The Balaban J connectivity index is 2.61. The Kier molecular flexibility index (Phi) is 5.64. The molecule has 25 heavy (non-hydrogen) atoms. The summed E-state index contributed by atoms with van der Waals surface area (Å²) in [6.45, 7) is 7.77. The molecule has 1 aromatic heterocycles. The number of H-pyrrole nitrogens is 1. The van der Waals surface area contributed by atoms with E-state index in [2.05, 4.69) is 10.3 Å². The van der Waals surface area contributed by atoms with Gasteiger partial charge in [-0.1, -0.05) is 13.8 Å². The van der Waals surface area contributed by atoms with Crippen molar-refractivity contribution in [1.29, 1.82) is 0 Å². The van der Waals surface area contributed by atoms with Gasteiger partial charge in [-0.2, -0.15) is 4.31 Å². The number of hydrogen-bond donors (Lipinski definition) is 2. The predicted molar refractivity (Wildman–Crippen MR) is 97.3 cm³/mol. The molecule has 2 rings (SSSR count). The molecule has 0 spiro atoms. The minimum Gasteiger partial charge on any atom is -0.360 e. The first-order valence-corrected chi connectivity index (χ1v) is 9.62. The SMILES string of the molecule is CCN(CC)S(=O)(=O)c1ccc2[nH]cc(C(=O)NC(C)C)c(=O)c2c1. The van der Waals surface area contributed by atoms with Gasteiger partial charge in [0.2, 0.25) is 15.5 Å². The van der Waals surface area contributed by atoms with E-state index in [-0.39, 0.29) is 21.9 Å². The van der Waals surface area contributed by atoms with Crippen LogP contribution in [0.2, 0.25) is 0 Å². The van der Waals surface area contributed by atoms with Gasteiger partial charge in [-0.25, -0.2) is 8.42 Å². The summed E-state index contributed by atoms with van der Waals surface area (Å²) in [5, 5.41) is 2.83. The van der Waals surface area contributed by atoms with Gasteiger partial charge in [0.15, 0.2) is 0 Å². The second-order valence-corrected chi connectivity index (χ2v) is 7.89. The Hall–Kier alpha value is -2.19. The Morgan fingerprint density at radius 3 is 2.44 bits per heavy atom. The van der Waals surface area contributed by atoms with E-state index in [1.807, 2.05) is 0 Å². The monoisotopic (exact) mass is 365 g/mol. The van der Waals surface area contributed by atoms with Crippen molar-refractivity contribution in [3.05, 3.63) is 40.2 Å². The summed E-state index contributed by atoms with van der Waals surface area (Å²) in [5.41, 5.74) is -0.0633. The van der Waals surface area contributed by atoms with Crippen LogP contribution >= 0.6 is 0 Å². The molecule has 2 aromatic rings. The zero-order valence-corrected chi connectivity index (χ0v) is 15.6. The summed E-state index contributed by atoms with van der Waals surface area (Å²) in [6, 6.07) is 4.21. The highest BCUT2D eigenvalue weighted by Gasteiger charge is 2.23. The Morgan fingerprint density at radius 2 is 1.88 bits per heavy atom. The number of fused-ring (bicyclic) bond motifs is 1. The van der Waals surface area contributed by atoms with Crippen LogP contribution in [0, 0.1) is 0 Å². The van der Waals surface area contributed by atoms with Crippen molar-refractivity contribution in [3.8, 4) is 0 Å². The van der Waals surface area contributed by atoms with Gasteiger partial charge in [0.25, 0.3) is 5.91 Å². The number of hydrogen-bond acceptors (Lipinski definition) is 4. The molecule has 8 heteroatoms. The molecule has 7 nitrogen and oxygen atoms in total. The van der Waals surface area contributed by atoms with Crippen molar-refractivity contribution in [2.24, 2.45) is 0 Å². The molecular weight excluding hydrogens is 342 g/mol. The van der Waals surface area contributed by atoms with E-state index in [0.717, 1.165) is 0 Å². The topological polar surface area (TPSA) is 99.3 Å². The van der Waals surface area contributed by atoms with Gasteiger partial charge in [-0.05, 0) is 32.0 Å². The maximum absolute atomic E-state index is 12.7. The Labute approximate surface area is 147 Å². The zero-order chi connectivity index (χ0) is 18.8. The number of aromatic amines is 1. The lowest BCUT2D eigenvalue weighted by atomic mass is 10.1. The maximum atomic E-state index is 12.7. The van der Waals surface area contributed by atoms with E-state index in [9.17, 15) is 18.0 Å². The van der Waals surface area contributed by atoms with Crippen LogP contribution in [0.5, 0.6) is 0 Å². The number of amides is 1. The zero-order valence-electron chi connectivity index (χ0n) is 14.8. The van der Waals surface area contributed by atoms with E-state index in [1.54, 1.807) is 27.7 Å². The van der Waals surface area contributed by atoms with E-state index in [0.29, 0.717) is 18.6 Å². The molecular formula is C17H23N3O4S. The number of carbonyl (C=O) groups is 1. The summed E-state index contributed by atoms with van der Waals surface area (Å²) in [7, 11) is -3.68. The molecule has 0 radical (unpaired) electrons. The van der Waals surface area contributed by atoms with Gasteiger partial charge >= 0.3 is 0 Å². The van der Waals surface area contributed by atoms with Gasteiger partial charge in [0.1, 0.15) is 5.56 Å². The van der Waals surface area contributed by atoms with Gasteiger partial charge in [0, 0.05) is 36.2 Å². The third kappa shape index (κ3) is 3.74. The molecule has 0 bridgehead atoms. The molecule has 0 saturated heterocycles. The number of rotatable bonds is 6. The highest BCUT2D eigenvalue weighted by atomic mass is 32.2. The summed E-state index contributed by atoms with van der Waals surface area (Å²) < 4.78 is 26.6. The average Bonchev–Trinajstić information content (AvgIpc) is 2.55. The lowest BCUT2D eigenvalue weighted by Gasteiger charge is -2.18. The normalized spacial score (nSPS) is 12.1. The smallest absolute Gasteiger partial charge is 0.256 e. The molecule has 136 valence electrons. The van der Waals surface area contributed by atoms with Crippen LogP contribution in [0.1, 0.15) is 38.1 Å². The number of sulfonamides is 1. The lowest BCUT2D eigenvalue weighted by Crippen LogP contribution is -2.34. The molecule has 0 aliphatic carbocycles. The van der Waals surface area contributed by atoms with Gasteiger partial charge in [-0.3, -0.25) is 9.59 Å². The summed E-state index contributed by atoms with van der Waals surface area (Å²) in [4.78, 5) is 27.7. The van der Waals surface area contributed by atoms with Crippen LogP contribution in [-0.2, 0) is 10.0 Å². The van der Waals surface area contributed by atoms with Crippen molar-refractivity contribution in [3.63, 3.8) is 0 Å².